The standard InChI is InChI=1S/C12H27NO/c1-10(2)9-13-11(3)7-6-8-12(4,5)14/h10-11,13-14H,6-9H2,1-5H3/p+1/t11-/m0/s1. The first kappa shape index (κ1) is 13.9. The number of quaternary nitrogens is 1. The third-order valence-corrected chi connectivity index (χ3v) is 2.46. The van der Waals surface area contributed by atoms with Crippen LogP contribution in [0.2, 0.25) is 0 Å². The Balaban J connectivity index is 3.40. The maximum Gasteiger partial charge on any atom is 0.0830 e. The van der Waals surface area contributed by atoms with Gasteiger partial charge in [0, 0.05) is 5.92 Å². The highest BCUT2D eigenvalue weighted by atomic mass is 16.3. The van der Waals surface area contributed by atoms with Gasteiger partial charge in [-0.15, -0.1) is 0 Å². The van der Waals surface area contributed by atoms with Gasteiger partial charge < -0.3 is 10.4 Å². The summed E-state index contributed by atoms with van der Waals surface area (Å²) < 4.78 is 0. The molecule has 0 saturated carbocycles. The van der Waals surface area contributed by atoms with Crippen molar-refractivity contribution in [3.63, 3.8) is 0 Å². The van der Waals surface area contributed by atoms with Crippen LogP contribution in [0.3, 0.4) is 0 Å². The van der Waals surface area contributed by atoms with Crippen molar-refractivity contribution in [2.24, 2.45) is 5.92 Å². The first-order valence-corrected chi connectivity index (χ1v) is 5.87. The summed E-state index contributed by atoms with van der Waals surface area (Å²) in [7, 11) is 0. The normalized spacial score (nSPS) is 14.8. The average molecular weight is 202 g/mol. The Morgan fingerprint density at radius 3 is 2.21 bits per heavy atom. The summed E-state index contributed by atoms with van der Waals surface area (Å²) in [6.07, 6.45) is 3.24. The van der Waals surface area contributed by atoms with Gasteiger partial charge in [-0.05, 0) is 40.0 Å². The molecule has 0 spiro atoms. The fraction of sp³-hybridized carbons (Fsp3) is 1.00. The Bertz CT molecular complexity index is 138. The second-order valence-corrected chi connectivity index (χ2v) is 5.55. The largest absolute Gasteiger partial charge is 0.390 e. The van der Waals surface area contributed by atoms with E-state index in [1.54, 1.807) is 0 Å². The zero-order valence-corrected chi connectivity index (χ0v) is 10.5. The average Bonchev–Trinajstić information content (AvgIpc) is 1.98. The van der Waals surface area contributed by atoms with Gasteiger partial charge in [0.05, 0.1) is 18.2 Å². The molecule has 0 bridgehead atoms. The maximum atomic E-state index is 9.54. The van der Waals surface area contributed by atoms with Gasteiger partial charge in [-0.25, -0.2) is 0 Å². The van der Waals surface area contributed by atoms with Crippen molar-refractivity contribution >= 4 is 0 Å². The monoisotopic (exact) mass is 202 g/mol. The van der Waals surface area contributed by atoms with Gasteiger partial charge in [0.1, 0.15) is 0 Å². The van der Waals surface area contributed by atoms with Crippen molar-refractivity contribution in [3.8, 4) is 0 Å². The van der Waals surface area contributed by atoms with Gasteiger partial charge in [0.25, 0.3) is 0 Å². The van der Waals surface area contributed by atoms with E-state index >= 15 is 0 Å². The lowest BCUT2D eigenvalue weighted by molar-refractivity contribution is -0.691. The Hall–Kier alpha value is -0.0800. The molecule has 0 radical (unpaired) electrons. The van der Waals surface area contributed by atoms with E-state index in [4.69, 9.17) is 0 Å². The quantitative estimate of drug-likeness (QED) is 0.645. The van der Waals surface area contributed by atoms with Crippen molar-refractivity contribution in [3.05, 3.63) is 0 Å². The predicted molar refractivity (Wildman–Crippen MR) is 61.2 cm³/mol. The molecular formula is C12H28NO+. The molecule has 0 aliphatic rings. The number of hydrogen-bond donors (Lipinski definition) is 2. The van der Waals surface area contributed by atoms with Gasteiger partial charge in [-0.1, -0.05) is 13.8 Å². The molecule has 86 valence electrons. The van der Waals surface area contributed by atoms with Crippen LogP contribution < -0.4 is 5.32 Å². The first-order valence-electron chi connectivity index (χ1n) is 5.87. The third-order valence-electron chi connectivity index (χ3n) is 2.46. The summed E-state index contributed by atoms with van der Waals surface area (Å²) in [6.45, 7) is 11.8. The topological polar surface area (TPSA) is 36.8 Å². The van der Waals surface area contributed by atoms with Gasteiger partial charge >= 0.3 is 0 Å². The highest BCUT2D eigenvalue weighted by molar-refractivity contribution is 4.65. The van der Waals surface area contributed by atoms with Crippen LogP contribution >= 0.6 is 0 Å². The maximum absolute atomic E-state index is 9.54. The number of hydrogen-bond acceptors (Lipinski definition) is 1. The van der Waals surface area contributed by atoms with E-state index in [0.29, 0.717) is 6.04 Å². The van der Waals surface area contributed by atoms with Crippen LogP contribution in [0.1, 0.15) is 53.9 Å². The SMILES string of the molecule is CC(C)C[NH2+][C@@H](C)CCCC(C)(C)O. The molecule has 0 rings (SSSR count). The molecule has 0 aromatic heterocycles. The summed E-state index contributed by atoms with van der Waals surface area (Å²) in [5, 5.41) is 12.0. The summed E-state index contributed by atoms with van der Waals surface area (Å²) in [4.78, 5) is 0. The molecular weight excluding hydrogens is 174 g/mol. The zero-order valence-electron chi connectivity index (χ0n) is 10.5. The summed E-state index contributed by atoms with van der Waals surface area (Å²) >= 11 is 0. The molecule has 0 unspecified atom stereocenters. The van der Waals surface area contributed by atoms with E-state index in [0.717, 1.165) is 18.8 Å². The van der Waals surface area contributed by atoms with Crippen molar-refractivity contribution in [2.45, 2.75) is 65.5 Å². The van der Waals surface area contributed by atoms with Crippen LogP contribution in [0.15, 0.2) is 0 Å². The van der Waals surface area contributed by atoms with E-state index < -0.39 is 5.60 Å². The van der Waals surface area contributed by atoms with Crippen LogP contribution in [0.4, 0.5) is 0 Å². The molecule has 1 atom stereocenters. The van der Waals surface area contributed by atoms with Crippen LogP contribution in [0.5, 0.6) is 0 Å². The Morgan fingerprint density at radius 1 is 1.21 bits per heavy atom. The Morgan fingerprint density at radius 2 is 1.79 bits per heavy atom. The van der Waals surface area contributed by atoms with Crippen LogP contribution in [0, 0.1) is 5.92 Å². The van der Waals surface area contributed by atoms with Crippen molar-refractivity contribution in [1.29, 1.82) is 0 Å². The van der Waals surface area contributed by atoms with E-state index in [2.05, 4.69) is 26.1 Å². The third kappa shape index (κ3) is 10.0. The minimum Gasteiger partial charge on any atom is -0.390 e. The molecule has 2 nitrogen and oxygen atoms in total. The molecule has 3 N–H and O–H groups in total. The molecule has 0 aliphatic heterocycles. The number of nitrogens with two attached hydrogens (primary N) is 1. The van der Waals surface area contributed by atoms with Gasteiger partial charge in [-0.2, -0.15) is 0 Å². The summed E-state index contributed by atoms with van der Waals surface area (Å²) in [6, 6.07) is 0.694. The van der Waals surface area contributed by atoms with E-state index in [9.17, 15) is 5.11 Å². The fourth-order valence-electron chi connectivity index (χ4n) is 1.48. The molecule has 0 heterocycles. The Labute approximate surface area is 89.1 Å². The molecule has 0 aromatic carbocycles. The highest BCUT2D eigenvalue weighted by Gasteiger charge is 2.13. The molecule has 0 fully saturated rings. The molecule has 2 heteroatoms. The second-order valence-electron chi connectivity index (χ2n) is 5.55. The molecule has 0 saturated heterocycles. The molecule has 0 aliphatic carbocycles. The lowest BCUT2D eigenvalue weighted by Gasteiger charge is -2.18. The van der Waals surface area contributed by atoms with Crippen LogP contribution in [0.25, 0.3) is 0 Å². The molecule has 14 heavy (non-hydrogen) atoms. The lowest BCUT2D eigenvalue weighted by Crippen LogP contribution is -2.90. The van der Waals surface area contributed by atoms with Gasteiger partial charge in [0.2, 0.25) is 0 Å². The summed E-state index contributed by atoms with van der Waals surface area (Å²) in [5.41, 5.74) is -0.488. The number of aliphatic hydroxyl groups is 1. The van der Waals surface area contributed by atoms with Crippen molar-refractivity contribution < 1.29 is 10.4 Å². The minimum atomic E-state index is -0.488. The molecule has 0 aromatic rings. The second kappa shape index (κ2) is 6.41. The first-order chi connectivity index (χ1) is 6.31. The van der Waals surface area contributed by atoms with E-state index in [1.165, 1.54) is 13.0 Å². The van der Waals surface area contributed by atoms with Crippen molar-refractivity contribution in [1.82, 2.24) is 0 Å². The molecule has 0 amide bonds. The Kier molecular flexibility index (Phi) is 6.38. The van der Waals surface area contributed by atoms with E-state index in [-0.39, 0.29) is 0 Å². The van der Waals surface area contributed by atoms with Gasteiger partial charge in [-0.3, -0.25) is 0 Å². The minimum absolute atomic E-state index is 0.488. The number of rotatable bonds is 7. The van der Waals surface area contributed by atoms with Crippen molar-refractivity contribution in [2.75, 3.05) is 6.54 Å². The summed E-state index contributed by atoms with van der Waals surface area (Å²) in [5.74, 6) is 0.770. The van der Waals surface area contributed by atoms with Crippen LogP contribution in [-0.2, 0) is 0 Å². The lowest BCUT2D eigenvalue weighted by atomic mass is 9.99. The van der Waals surface area contributed by atoms with Crippen LogP contribution in [-0.4, -0.2) is 23.3 Å². The highest BCUT2D eigenvalue weighted by Crippen LogP contribution is 2.12. The fourth-order valence-corrected chi connectivity index (χ4v) is 1.48. The predicted octanol–water partition coefficient (Wildman–Crippen LogP) is 1.54. The zero-order chi connectivity index (χ0) is 11.2. The smallest absolute Gasteiger partial charge is 0.0830 e. The van der Waals surface area contributed by atoms with Gasteiger partial charge in [0.15, 0.2) is 0 Å². The van der Waals surface area contributed by atoms with E-state index in [1.807, 2.05) is 13.8 Å².